The predicted octanol–water partition coefficient (Wildman–Crippen LogP) is 4.56. The van der Waals surface area contributed by atoms with Crippen LogP contribution in [0.2, 0.25) is 5.02 Å². The van der Waals surface area contributed by atoms with Crippen molar-refractivity contribution in [3.05, 3.63) is 34.9 Å². The normalized spacial score (nSPS) is 12.9. The van der Waals surface area contributed by atoms with Crippen LogP contribution >= 0.6 is 23.4 Å². The number of rotatable bonds is 8. The van der Waals surface area contributed by atoms with Crippen molar-refractivity contribution in [3.63, 3.8) is 0 Å². The lowest BCUT2D eigenvalue weighted by atomic mass is 9.96. The quantitative estimate of drug-likeness (QED) is 0.703. The van der Waals surface area contributed by atoms with Crippen molar-refractivity contribution >= 4 is 23.4 Å². The zero-order valence-corrected chi connectivity index (χ0v) is 13.2. The first-order valence-electron chi connectivity index (χ1n) is 6.70. The Hall–Kier alpha value is -0.180. The van der Waals surface area contributed by atoms with Crippen LogP contribution in [0.4, 0.5) is 0 Å². The van der Waals surface area contributed by atoms with Crippen molar-refractivity contribution in [2.45, 2.75) is 39.2 Å². The second kappa shape index (κ2) is 8.84. The fourth-order valence-electron chi connectivity index (χ4n) is 1.87. The van der Waals surface area contributed by atoms with E-state index < -0.39 is 0 Å². The summed E-state index contributed by atoms with van der Waals surface area (Å²) < 4.78 is 0. The van der Waals surface area contributed by atoms with Gasteiger partial charge in [0.15, 0.2) is 0 Å². The predicted molar refractivity (Wildman–Crippen MR) is 84.9 cm³/mol. The van der Waals surface area contributed by atoms with Crippen LogP contribution in [0, 0.1) is 0 Å². The highest BCUT2D eigenvalue weighted by atomic mass is 35.5. The maximum Gasteiger partial charge on any atom is 0.0406 e. The molecule has 0 saturated heterocycles. The van der Waals surface area contributed by atoms with Gasteiger partial charge in [0.2, 0.25) is 0 Å². The lowest BCUT2D eigenvalue weighted by molar-refractivity contribution is 0.522. The number of hydrogen-bond acceptors (Lipinski definition) is 2. The van der Waals surface area contributed by atoms with Gasteiger partial charge in [0, 0.05) is 17.6 Å². The number of thioether (sulfide) groups is 1. The van der Waals surface area contributed by atoms with Gasteiger partial charge in [-0.15, -0.1) is 0 Å². The van der Waals surface area contributed by atoms with Gasteiger partial charge in [-0.25, -0.2) is 0 Å². The van der Waals surface area contributed by atoms with Crippen molar-refractivity contribution < 1.29 is 0 Å². The third-order valence-corrected chi connectivity index (χ3v) is 4.11. The first-order chi connectivity index (χ1) is 8.63. The highest BCUT2D eigenvalue weighted by Gasteiger charge is 2.11. The van der Waals surface area contributed by atoms with Crippen LogP contribution in [0.25, 0.3) is 0 Å². The molecule has 1 rings (SSSR count). The molecular formula is C15H24ClNS. The Morgan fingerprint density at radius 1 is 1.22 bits per heavy atom. The zero-order chi connectivity index (χ0) is 13.4. The van der Waals surface area contributed by atoms with E-state index in [0.29, 0.717) is 12.0 Å². The van der Waals surface area contributed by atoms with Crippen molar-refractivity contribution in [2.75, 3.05) is 18.1 Å². The summed E-state index contributed by atoms with van der Waals surface area (Å²) in [5.41, 5.74) is 1.39. The second-order valence-electron chi connectivity index (χ2n) is 4.80. The third-order valence-electron chi connectivity index (χ3n) is 2.93. The molecule has 0 aliphatic rings. The zero-order valence-electron chi connectivity index (χ0n) is 11.6. The number of benzene rings is 1. The van der Waals surface area contributed by atoms with Gasteiger partial charge in [0.05, 0.1) is 0 Å². The molecule has 0 aliphatic heterocycles. The van der Waals surface area contributed by atoms with E-state index in [2.05, 4.69) is 38.2 Å². The molecule has 0 fully saturated rings. The highest BCUT2D eigenvalue weighted by Crippen LogP contribution is 2.23. The molecule has 0 aliphatic carbocycles. The van der Waals surface area contributed by atoms with E-state index in [-0.39, 0.29) is 0 Å². The Balaban J connectivity index is 2.60. The van der Waals surface area contributed by atoms with E-state index in [9.17, 15) is 0 Å². The maximum atomic E-state index is 5.95. The summed E-state index contributed by atoms with van der Waals surface area (Å²) in [6.45, 7) is 7.65. The Bertz CT molecular complexity index is 324. The molecule has 3 heteroatoms. The first kappa shape index (κ1) is 15.9. The smallest absolute Gasteiger partial charge is 0.0406 e. The maximum absolute atomic E-state index is 5.95. The number of halogens is 1. The van der Waals surface area contributed by atoms with Gasteiger partial charge in [-0.1, -0.05) is 44.5 Å². The second-order valence-corrected chi connectivity index (χ2v) is 6.63. The molecule has 1 aromatic rings. The van der Waals surface area contributed by atoms with Crippen molar-refractivity contribution in [1.82, 2.24) is 5.32 Å². The summed E-state index contributed by atoms with van der Waals surface area (Å²) in [5.74, 6) is 3.01. The number of hydrogen-bond donors (Lipinski definition) is 1. The minimum atomic E-state index is 0.540. The van der Waals surface area contributed by atoms with Gasteiger partial charge in [-0.2, -0.15) is 11.8 Å². The van der Waals surface area contributed by atoms with Crippen LogP contribution in [0.1, 0.15) is 38.7 Å². The molecule has 0 saturated carbocycles. The van der Waals surface area contributed by atoms with Crippen LogP contribution in [-0.2, 0) is 0 Å². The molecule has 0 heterocycles. The Morgan fingerprint density at radius 2 is 1.89 bits per heavy atom. The van der Waals surface area contributed by atoms with E-state index in [0.717, 1.165) is 11.6 Å². The van der Waals surface area contributed by atoms with Crippen LogP contribution in [-0.4, -0.2) is 24.1 Å². The van der Waals surface area contributed by atoms with E-state index >= 15 is 0 Å². The van der Waals surface area contributed by atoms with Crippen molar-refractivity contribution in [2.24, 2.45) is 0 Å². The largest absolute Gasteiger partial charge is 0.314 e. The van der Waals surface area contributed by atoms with Gasteiger partial charge in [-0.05, 0) is 41.5 Å². The lowest BCUT2D eigenvalue weighted by Crippen LogP contribution is -2.28. The average Bonchev–Trinajstić information content (AvgIpc) is 2.34. The van der Waals surface area contributed by atoms with E-state index in [1.54, 1.807) is 0 Å². The number of nitrogens with one attached hydrogen (secondary N) is 1. The fraction of sp³-hybridized carbons (Fsp3) is 0.600. The summed E-state index contributed by atoms with van der Waals surface area (Å²) in [6.07, 6.45) is 1.22. The highest BCUT2D eigenvalue weighted by molar-refractivity contribution is 7.99. The van der Waals surface area contributed by atoms with Crippen molar-refractivity contribution in [3.8, 4) is 0 Å². The Morgan fingerprint density at radius 3 is 2.44 bits per heavy atom. The summed E-state index contributed by atoms with van der Waals surface area (Å²) in [4.78, 5) is 0. The van der Waals surface area contributed by atoms with E-state index in [4.69, 9.17) is 11.6 Å². The molecule has 1 nitrogen and oxygen atoms in total. The van der Waals surface area contributed by atoms with E-state index in [1.807, 2.05) is 23.9 Å². The molecule has 0 spiro atoms. The SMILES string of the molecule is CCSCCC(CNC(C)C)c1ccc(Cl)cc1. The molecule has 0 aromatic heterocycles. The molecule has 1 aromatic carbocycles. The minimum Gasteiger partial charge on any atom is -0.314 e. The lowest BCUT2D eigenvalue weighted by Gasteiger charge is -2.19. The first-order valence-corrected chi connectivity index (χ1v) is 8.23. The van der Waals surface area contributed by atoms with E-state index in [1.165, 1.54) is 23.5 Å². The average molecular weight is 286 g/mol. The Labute approximate surface area is 121 Å². The van der Waals surface area contributed by atoms with Gasteiger partial charge < -0.3 is 5.32 Å². The monoisotopic (exact) mass is 285 g/mol. The summed E-state index contributed by atoms with van der Waals surface area (Å²) in [7, 11) is 0. The summed E-state index contributed by atoms with van der Waals surface area (Å²) in [5, 5.41) is 4.36. The molecule has 0 bridgehead atoms. The topological polar surface area (TPSA) is 12.0 Å². The molecule has 102 valence electrons. The van der Waals surface area contributed by atoms with Gasteiger partial charge in [0.1, 0.15) is 0 Å². The molecule has 18 heavy (non-hydrogen) atoms. The summed E-state index contributed by atoms with van der Waals surface area (Å²) in [6, 6.07) is 8.84. The minimum absolute atomic E-state index is 0.540. The Kier molecular flexibility index (Phi) is 7.80. The third kappa shape index (κ3) is 6.12. The molecule has 1 unspecified atom stereocenters. The van der Waals surface area contributed by atoms with Crippen LogP contribution in [0.15, 0.2) is 24.3 Å². The van der Waals surface area contributed by atoms with Crippen LogP contribution in [0.5, 0.6) is 0 Å². The molecule has 0 radical (unpaired) electrons. The molecule has 1 N–H and O–H groups in total. The van der Waals surface area contributed by atoms with Crippen molar-refractivity contribution in [1.29, 1.82) is 0 Å². The molecule has 1 atom stereocenters. The standard InChI is InChI=1S/C15H24ClNS/c1-4-18-10-9-14(11-17-12(2)3)13-5-7-15(16)8-6-13/h5-8,12,14,17H,4,9-11H2,1-3H3. The van der Waals surface area contributed by atoms with Gasteiger partial charge >= 0.3 is 0 Å². The van der Waals surface area contributed by atoms with Crippen LogP contribution in [0.3, 0.4) is 0 Å². The molecular weight excluding hydrogens is 262 g/mol. The fourth-order valence-corrected chi connectivity index (χ4v) is 2.74. The summed E-state index contributed by atoms with van der Waals surface area (Å²) >= 11 is 7.97. The van der Waals surface area contributed by atoms with Crippen LogP contribution < -0.4 is 5.32 Å². The van der Waals surface area contributed by atoms with Gasteiger partial charge in [-0.3, -0.25) is 0 Å². The molecule has 0 amide bonds. The van der Waals surface area contributed by atoms with Gasteiger partial charge in [0.25, 0.3) is 0 Å².